The number of ether oxygens (including phenoxy) is 2. The van der Waals surface area contributed by atoms with Crippen LogP contribution in [0.1, 0.15) is 20.3 Å². The number of nitrogens with zero attached hydrogens (tertiary/aromatic N) is 1. The number of aliphatic hydroxyl groups is 1. The van der Waals surface area contributed by atoms with Crippen molar-refractivity contribution in [2.75, 3.05) is 20.8 Å². The third kappa shape index (κ3) is 4.07. The number of hydrogen-bond acceptors (Lipinski definition) is 6. The molecule has 2 amide bonds. The smallest absolute Gasteiger partial charge is 0.407 e. The van der Waals surface area contributed by atoms with Gasteiger partial charge in [-0.15, -0.1) is 0 Å². The van der Waals surface area contributed by atoms with Gasteiger partial charge in [-0.3, -0.25) is 4.79 Å². The topological polar surface area (TPSA) is 105 Å². The molecule has 0 radical (unpaired) electrons. The molecule has 2 N–H and O–H groups in total. The molecule has 0 bridgehead atoms. The van der Waals surface area contributed by atoms with E-state index in [1.165, 1.54) is 19.1 Å². The van der Waals surface area contributed by atoms with Crippen molar-refractivity contribution in [2.24, 2.45) is 5.92 Å². The molecular formula is C13H22N2O6. The maximum atomic E-state index is 12.6. The van der Waals surface area contributed by atoms with Crippen molar-refractivity contribution in [3.05, 3.63) is 0 Å². The fourth-order valence-corrected chi connectivity index (χ4v) is 2.29. The Morgan fingerprint density at radius 2 is 1.86 bits per heavy atom. The normalized spacial score (nSPS) is 22.9. The molecule has 3 atom stereocenters. The van der Waals surface area contributed by atoms with Gasteiger partial charge in [-0.2, -0.15) is 0 Å². The number of methoxy groups -OCH3 is 2. The van der Waals surface area contributed by atoms with Gasteiger partial charge in [-0.05, 0) is 5.92 Å². The third-order valence-electron chi connectivity index (χ3n) is 3.43. The molecule has 8 heteroatoms. The molecule has 21 heavy (non-hydrogen) atoms. The van der Waals surface area contributed by atoms with Gasteiger partial charge in [0.25, 0.3) is 0 Å². The maximum Gasteiger partial charge on any atom is 0.407 e. The fourth-order valence-electron chi connectivity index (χ4n) is 2.29. The summed E-state index contributed by atoms with van der Waals surface area (Å²) < 4.78 is 9.15. The predicted octanol–water partition coefficient (Wildman–Crippen LogP) is -0.498. The molecule has 0 spiro atoms. The van der Waals surface area contributed by atoms with Gasteiger partial charge in [0.05, 0.1) is 20.3 Å². The summed E-state index contributed by atoms with van der Waals surface area (Å²) in [6.07, 6.45) is -1.39. The summed E-state index contributed by atoms with van der Waals surface area (Å²) in [6, 6.07) is -1.67. The minimum Gasteiger partial charge on any atom is -0.467 e. The number of carbonyl (C=O) groups is 3. The first-order valence-electron chi connectivity index (χ1n) is 6.72. The van der Waals surface area contributed by atoms with Gasteiger partial charge in [-0.25, -0.2) is 9.59 Å². The molecular weight excluding hydrogens is 280 g/mol. The Hall–Kier alpha value is -1.83. The lowest BCUT2D eigenvalue weighted by molar-refractivity contribution is -0.151. The van der Waals surface area contributed by atoms with Gasteiger partial charge < -0.3 is 24.8 Å². The summed E-state index contributed by atoms with van der Waals surface area (Å²) in [5.41, 5.74) is 0. The molecule has 1 aliphatic rings. The van der Waals surface area contributed by atoms with Crippen molar-refractivity contribution in [2.45, 2.75) is 38.5 Å². The van der Waals surface area contributed by atoms with Crippen molar-refractivity contribution >= 4 is 18.0 Å². The molecule has 1 saturated heterocycles. The van der Waals surface area contributed by atoms with E-state index in [0.29, 0.717) is 0 Å². The molecule has 0 saturated carbocycles. The van der Waals surface area contributed by atoms with Gasteiger partial charge in [0.15, 0.2) is 0 Å². The molecule has 0 aromatic carbocycles. The second kappa shape index (κ2) is 7.26. The SMILES string of the molecule is COC(=O)NC(C(=O)N1CC(O)CC1C(=O)OC)C(C)C. The van der Waals surface area contributed by atoms with Crippen LogP contribution < -0.4 is 5.32 Å². The number of likely N-dealkylation sites (tertiary alicyclic amines) is 1. The van der Waals surface area contributed by atoms with Gasteiger partial charge >= 0.3 is 12.1 Å². The quantitative estimate of drug-likeness (QED) is 0.678. The second-order valence-electron chi connectivity index (χ2n) is 5.28. The number of alkyl carbamates (subject to hydrolysis) is 1. The zero-order valence-corrected chi connectivity index (χ0v) is 12.7. The van der Waals surface area contributed by atoms with Crippen LogP contribution in [0.4, 0.5) is 4.79 Å². The Labute approximate surface area is 123 Å². The van der Waals surface area contributed by atoms with E-state index >= 15 is 0 Å². The largest absolute Gasteiger partial charge is 0.467 e. The average molecular weight is 302 g/mol. The van der Waals surface area contributed by atoms with Crippen LogP contribution in [-0.2, 0) is 19.1 Å². The van der Waals surface area contributed by atoms with Crippen LogP contribution in [0.3, 0.4) is 0 Å². The lowest BCUT2D eigenvalue weighted by Gasteiger charge is -2.29. The molecule has 1 fully saturated rings. The number of aliphatic hydroxyl groups excluding tert-OH is 1. The first kappa shape index (κ1) is 17.2. The number of hydrogen-bond donors (Lipinski definition) is 2. The van der Waals surface area contributed by atoms with Crippen LogP contribution in [0.15, 0.2) is 0 Å². The highest BCUT2D eigenvalue weighted by Crippen LogP contribution is 2.21. The Morgan fingerprint density at radius 1 is 1.24 bits per heavy atom. The van der Waals surface area contributed by atoms with Crippen molar-refractivity contribution in [1.29, 1.82) is 0 Å². The lowest BCUT2D eigenvalue weighted by Crippen LogP contribution is -2.54. The number of carbonyl (C=O) groups excluding carboxylic acids is 3. The number of β-amino-alcohol motifs (C(OH)–C–C–N with tert-alkyl or cyclic N) is 1. The zero-order valence-electron chi connectivity index (χ0n) is 12.7. The summed E-state index contributed by atoms with van der Waals surface area (Å²) in [4.78, 5) is 36.8. The molecule has 120 valence electrons. The molecule has 8 nitrogen and oxygen atoms in total. The monoisotopic (exact) mass is 302 g/mol. The summed E-state index contributed by atoms with van der Waals surface area (Å²) in [5, 5.41) is 12.1. The highest BCUT2D eigenvalue weighted by molar-refractivity contribution is 5.90. The molecule has 0 aliphatic carbocycles. The van der Waals surface area contributed by atoms with E-state index in [0.717, 1.165) is 0 Å². The standard InChI is InChI=1S/C13H22N2O6/c1-7(2)10(14-13(19)21-4)11(17)15-6-8(16)5-9(15)12(18)20-3/h7-10,16H,5-6H2,1-4H3,(H,14,19). The fraction of sp³-hybridized carbons (Fsp3) is 0.769. The van der Waals surface area contributed by atoms with E-state index in [1.807, 2.05) is 0 Å². The predicted molar refractivity (Wildman–Crippen MR) is 72.3 cm³/mol. The molecule has 0 aromatic heterocycles. The molecule has 3 unspecified atom stereocenters. The van der Waals surface area contributed by atoms with Crippen LogP contribution in [-0.4, -0.2) is 66.9 Å². The van der Waals surface area contributed by atoms with Crippen LogP contribution >= 0.6 is 0 Å². The van der Waals surface area contributed by atoms with E-state index in [9.17, 15) is 19.5 Å². The molecule has 0 aromatic rings. The van der Waals surface area contributed by atoms with Crippen LogP contribution in [0.5, 0.6) is 0 Å². The Morgan fingerprint density at radius 3 is 2.33 bits per heavy atom. The van der Waals surface area contributed by atoms with E-state index in [-0.39, 0.29) is 18.9 Å². The molecule has 1 heterocycles. The number of nitrogens with one attached hydrogen (secondary N) is 1. The minimum atomic E-state index is -0.838. The first-order chi connectivity index (χ1) is 9.81. The van der Waals surface area contributed by atoms with Crippen LogP contribution in [0, 0.1) is 5.92 Å². The Bertz CT molecular complexity index is 411. The third-order valence-corrected chi connectivity index (χ3v) is 3.43. The molecule has 1 rings (SSSR count). The van der Waals surface area contributed by atoms with E-state index in [2.05, 4.69) is 14.8 Å². The highest BCUT2D eigenvalue weighted by atomic mass is 16.5. The summed E-state index contributed by atoms with van der Waals surface area (Å²) in [7, 11) is 2.43. The molecule has 1 aliphatic heterocycles. The average Bonchev–Trinajstić information content (AvgIpc) is 2.84. The second-order valence-corrected chi connectivity index (χ2v) is 5.28. The van der Waals surface area contributed by atoms with Gasteiger partial charge in [-0.1, -0.05) is 13.8 Å². The highest BCUT2D eigenvalue weighted by Gasteiger charge is 2.42. The Kier molecular flexibility index (Phi) is 5.95. The van der Waals surface area contributed by atoms with Crippen molar-refractivity contribution in [1.82, 2.24) is 10.2 Å². The first-order valence-corrected chi connectivity index (χ1v) is 6.72. The summed E-state index contributed by atoms with van der Waals surface area (Å²) in [5.74, 6) is -1.23. The van der Waals surface area contributed by atoms with Crippen LogP contribution in [0.25, 0.3) is 0 Å². The summed E-state index contributed by atoms with van der Waals surface area (Å²) >= 11 is 0. The number of rotatable bonds is 4. The summed E-state index contributed by atoms with van der Waals surface area (Å²) in [6.45, 7) is 3.56. The van der Waals surface area contributed by atoms with E-state index in [4.69, 9.17) is 0 Å². The van der Waals surface area contributed by atoms with Gasteiger partial charge in [0, 0.05) is 13.0 Å². The van der Waals surface area contributed by atoms with Crippen molar-refractivity contribution in [3.63, 3.8) is 0 Å². The maximum absolute atomic E-state index is 12.6. The number of esters is 1. The minimum absolute atomic E-state index is 0.0324. The Balaban J connectivity index is 2.90. The number of amides is 2. The van der Waals surface area contributed by atoms with Crippen molar-refractivity contribution < 1.29 is 29.0 Å². The van der Waals surface area contributed by atoms with Gasteiger partial charge in [0.2, 0.25) is 5.91 Å². The zero-order chi connectivity index (χ0) is 16.2. The van der Waals surface area contributed by atoms with Crippen LogP contribution in [0.2, 0.25) is 0 Å². The van der Waals surface area contributed by atoms with Crippen molar-refractivity contribution in [3.8, 4) is 0 Å². The van der Waals surface area contributed by atoms with E-state index in [1.54, 1.807) is 13.8 Å². The lowest BCUT2D eigenvalue weighted by atomic mass is 10.0. The van der Waals surface area contributed by atoms with Gasteiger partial charge in [0.1, 0.15) is 12.1 Å². The van der Waals surface area contributed by atoms with E-state index < -0.39 is 36.2 Å².